The summed E-state index contributed by atoms with van der Waals surface area (Å²) in [7, 11) is -3.87. The van der Waals surface area contributed by atoms with Crippen molar-refractivity contribution in [3.05, 3.63) is 68.8 Å². The second kappa shape index (κ2) is 7.78. The first-order valence-electron chi connectivity index (χ1n) is 9.21. The van der Waals surface area contributed by atoms with Crippen molar-refractivity contribution in [2.45, 2.75) is 56.9 Å². The zero-order valence-electron chi connectivity index (χ0n) is 15.6. The first kappa shape index (κ1) is 19.5. The van der Waals surface area contributed by atoms with E-state index in [1.165, 1.54) is 29.7 Å². The fourth-order valence-electron chi connectivity index (χ4n) is 3.57. The Morgan fingerprint density at radius 2 is 1.81 bits per heavy atom. The third-order valence-electron chi connectivity index (χ3n) is 5.17. The zero-order valence-corrected chi connectivity index (χ0v) is 16.4. The van der Waals surface area contributed by atoms with Gasteiger partial charge in [-0.3, -0.25) is 10.1 Å². The minimum absolute atomic E-state index is 0.0868. The molecule has 0 spiro atoms. The van der Waals surface area contributed by atoms with E-state index in [4.69, 9.17) is 0 Å². The minimum Gasteiger partial charge on any atom is -0.258 e. The first-order chi connectivity index (χ1) is 12.8. The average molecular weight is 388 g/mol. The number of nitro benzene ring substituents is 1. The number of nitrogens with one attached hydrogen (secondary N) is 1. The Bertz CT molecular complexity index is 970. The molecule has 0 bridgehead atoms. The number of hydrogen-bond acceptors (Lipinski definition) is 4. The van der Waals surface area contributed by atoms with Crippen molar-refractivity contribution in [1.82, 2.24) is 4.72 Å². The molecule has 0 fully saturated rings. The average Bonchev–Trinajstić information content (AvgIpc) is 2.65. The molecule has 1 atom stereocenters. The van der Waals surface area contributed by atoms with Gasteiger partial charge in [-0.15, -0.1) is 0 Å². The van der Waals surface area contributed by atoms with Gasteiger partial charge in [-0.05, 0) is 61.8 Å². The predicted octanol–water partition coefficient (Wildman–Crippen LogP) is 4.21. The maximum absolute atomic E-state index is 12.8. The van der Waals surface area contributed by atoms with Crippen LogP contribution in [-0.2, 0) is 22.9 Å². The van der Waals surface area contributed by atoms with E-state index in [2.05, 4.69) is 16.9 Å². The number of rotatable bonds is 6. The Labute approximate surface area is 159 Å². The van der Waals surface area contributed by atoms with Gasteiger partial charge < -0.3 is 0 Å². The maximum Gasteiger partial charge on any atom is 0.273 e. The molecule has 2 aromatic rings. The molecule has 1 unspecified atom stereocenters. The highest BCUT2D eigenvalue weighted by atomic mass is 32.2. The van der Waals surface area contributed by atoms with E-state index in [-0.39, 0.29) is 16.6 Å². The van der Waals surface area contributed by atoms with Gasteiger partial charge in [0, 0.05) is 17.7 Å². The Balaban J connectivity index is 1.89. The Morgan fingerprint density at radius 1 is 1.11 bits per heavy atom. The van der Waals surface area contributed by atoms with Gasteiger partial charge in [-0.2, -0.15) is 0 Å². The molecule has 6 nitrogen and oxygen atoms in total. The molecule has 0 radical (unpaired) electrons. The molecule has 144 valence electrons. The third-order valence-corrected chi connectivity index (χ3v) is 6.64. The number of nitro groups is 1. The van der Waals surface area contributed by atoms with Crippen LogP contribution in [0.25, 0.3) is 0 Å². The van der Waals surface area contributed by atoms with Gasteiger partial charge in [0.15, 0.2) is 0 Å². The quantitative estimate of drug-likeness (QED) is 0.593. The SMILES string of the molecule is CCC(NS(=O)(=O)c1ccc(C)c([N+](=O)[O-])c1)c1ccc2c(c1)CCCC2. The molecule has 1 aliphatic rings. The number of nitrogens with zero attached hydrogens (tertiary/aromatic N) is 1. The third kappa shape index (κ3) is 4.20. The topological polar surface area (TPSA) is 89.3 Å². The molecule has 0 amide bonds. The summed E-state index contributed by atoms with van der Waals surface area (Å²) in [5.41, 5.74) is 3.81. The summed E-state index contributed by atoms with van der Waals surface area (Å²) in [6.45, 7) is 3.51. The van der Waals surface area contributed by atoms with Gasteiger partial charge >= 0.3 is 0 Å². The summed E-state index contributed by atoms with van der Waals surface area (Å²) in [5, 5.41) is 11.1. The number of benzene rings is 2. The van der Waals surface area contributed by atoms with Crippen LogP contribution in [-0.4, -0.2) is 13.3 Å². The van der Waals surface area contributed by atoms with E-state index in [0.29, 0.717) is 12.0 Å². The zero-order chi connectivity index (χ0) is 19.6. The van der Waals surface area contributed by atoms with Crippen molar-refractivity contribution >= 4 is 15.7 Å². The van der Waals surface area contributed by atoms with E-state index in [1.807, 2.05) is 13.0 Å². The van der Waals surface area contributed by atoms with E-state index in [1.54, 1.807) is 6.92 Å². The lowest BCUT2D eigenvalue weighted by molar-refractivity contribution is -0.385. The van der Waals surface area contributed by atoms with Gasteiger partial charge in [0.05, 0.1) is 9.82 Å². The summed E-state index contributed by atoms with van der Waals surface area (Å²) in [5.74, 6) is 0. The summed E-state index contributed by atoms with van der Waals surface area (Å²) in [4.78, 5) is 10.5. The molecule has 3 rings (SSSR count). The molecular formula is C20H24N2O4S. The molecule has 0 saturated carbocycles. The number of aryl methyl sites for hydroxylation is 3. The van der Waals surface area contributed by atoms with Crippen LogP contribution in [0.5, 0.6) is 0 Å². The van der Waals surface area contributed by atoms with Crippen molar-refractivity contribution < 1.29 is 13.3 Å². The lowest BCUT2D eigenvalue weighted by Gasteiger charge is -2.21. The largest absolute Gasteiger partial charge is 0.273 e. The molecular weight excluding hydrogens is 364 g/mol. The molecule has 1 N–H and O–H groups in total. The van der Waals surface area contributed by atoms with Crippen LogP contribution in [0.1, 0.15) is 54.5 Å². The van der Waals surface area contributed by atoms with Gasteiger partial charge in [0.1, 0.15) is 0 Å². The Kier molecular flexibility index (Phi) is 5.62. The van der Waals surface area contributed by atoms with Crippen molar-refractivity contribution in [1.29, 1.82) is 0 Å². The van der Waals surface area contributed by atoms with Crippen molar-refractivity contribution in [3.8, 4) is 0 Å². The standard InChI is InChI=1S/C20H24N2O4S/c1-3-19(17-10-9-15-6-4-5-7-16(15)12-17)21-27(25,26)18-11-8-14(2)20(13-18)22(23)24/h8-13,19,21H,3-7H2,1-2H3. The van der Waals surface area contributed by atoms with Gasteiger partial charge in [-0.25, -0.2) is 13.1 Å². The lowest BCUT2D eigenvalue weighted by atomic mass is 9.89. The van der Waals surface area contributed by atoms with Crippen LogP contribution in [0, 0.1) is 17.0 Å². The smallest absolute Gasteiger partial charge is 0.258 e. The van der Waals surface area contributed by atoms with Gasteiger partial charge in [-0.1, -0.05) is 31.2 Å². The van der Waals surface area contributed by atoms with E-state index >= 15 is 0 Å². The second-order valence-corrected chi connectivity index (χ2v) is 8.74. The molecule has 27 heavy (non-hydrogen) atoms. The fraction of sp³-hybridized carbons (Fsp3) is 0.400. The first-order valence-corrected chi connectivity index (χ1v) is 10.7. The molecule has 7 heteroatoms. The van der Waals surface area contributed by atoms with Crippen molar-refractivity contribution in [2.24, 2.45) is 0 Å². The summed E-state index contributed by atoms with van der Waals surface area (Å²) in [6.07, 6.45) is 5.04. The summed E-state index contributed by atoms with van der Waals surface area (Å²) in [6, 6.07) is 9.80. The molecule has 0 aliphatic heterocycles. The summed E-state index contributed by atoms with van der Waals surface area (Å²) < 4.78 is 28.3. The van der Waals surface area contributed by atoms with Crippen LogP contribution < -0.4 is 4.72 Å². The normalized spacial score (nSPS) is 15.2. The highest BCUT2D eigenvalue weighted by Crippen LogP contribution is 2.28. The van der Waals surface area contributed by atoms with Crippen molar-refractivity contribution in [3.63, 3.8) is 0 Å². The van der Waals surface area contributed by atoms with E-state index < -0.39 is 14.9 Å². The van der Waals surface area contributed by atoms with Gasteiger partial charge in [0.2, 0.25) is 10.0 Å². The Hall–Kier alpha value is -2.25. The molecule has 0 saturated heterocycles. The monoisotopic (exact) mass is 388 g/mol. The molecule has 2 aromatic carbocycles. The fourth-order valence-corrected chi connectivity index (χ4v) is 4.89. The van der Waals surface area contributed by atoms with Crippen LogP contribution in [0.15, 0.2) is 41.3 Å². The highest BCUT2D eigenvalue weighted by molar-refractivity contribution is 7.89. The number of sulfonamides is 1. The highest BCUT2D eigenvalue weighted by Gasteiger charge is 2.24. The van der Waals surface area contributed by atoms with Crippen LogP contribution >= 0.6 is 0 Å². The minimum atomic E-state index is -3.87. The number of fused-ring (bicyclic) bond motifs is 1. The second-order valence-electron chi connectivity index (χ2n) is 7.02. The van der Waals surface area contributed by atoms with Crippen LogP contribution in [0.3, 0.4) is 0 Å². The molecule has 0 heterocycles. The number of hydrogen-bond donors (Lipinski definition) is 1. The predicted molar refractivity (Wildman–Crippen MR) is 104 cm³/mol. The van der Waals surface area contributed by atoms with Gasteiger partial charge in [0.25, 0.3) is 5.69 Å². The molecule has 0 aromatic heterocycles. The molecule has 1 aliphatic carbocycles. The van der Waals surface area contributed by atoms with E-state index in [9.17, 15) is 18.5 Å². The van der Waals surface area contributed by atoms with Crippen molar-refractivity contribution in [2.75, 3.05) is 0 Å². The van der Waals surface area contributed by atoms with Crippen LogP contribution in [0.2, 0.25) is 0 Å². The lowest BCUT2D eigenvalue weighted by Crippen LogP contribution is -2.28. The van der Waals surface area contributed by atoms with E-state index in [0.717, 1.165) is 30.9 Å². The van der Waals surface area contributed by atoms with Crippen LogP contribution in [0.4, 0.5) is 5.69 Å². The maximum atomic E-state index is 12.8. The Morgan fingerprint density at radius 3 is 2.48 bits per heavy atom. The summed E-state index contributed by atoms with van der Waals surface area (Å²) >= 11 is 0.